The lowest BCUT2D eigenvalue weighted by molar-refractivity contribution is -0.137. The highest BCUT2D eigenvalue weighted by molar-refractivity contribution is 7.90. The normalized spacial score (nSPS) is 15.2. The molecule has 2 amide bonds. The number of carbonyl (C=O) groups excluding carboxylic acids is 1. The van der Waals surface area contributed by atoms with Crippen LogP contribution in [0.15, 0.2) is 0 Å². The van der Waals surface area contributed by atoms with Crippen molar-refractivity contribution in [2.75, 3.05) is 32.1 Å². The average Bonchev–Trinajstić information content (AvgIpc) is 3.04. The summed E-state index contributed by atoms with van der Waals surface area (Å²) in [5, 5.41) is 8.74. The van der Waals surface area contributed by atoms with Crippen LogP contribution in [0, 0.1) is 0 Å². The monoisotopic (exact) mass is 278 g/mol. The van der Waals surface area contributed by atoms with E-state index in [0.29, 0.717) is 0 Å². The molecule has 0 spiro atoms. The first-order valence-corrected chi connectivity index (χ1v) is 7.68. The molecule has 1 rings (SSSR count). The van der Waals surface area contributed by atoms with Crippen LogP contribution in [0.1, 0.15) is 12.8 Å². The minimum Gasteiger partial charge on any atom is -0.480 e. The molecule has 0 saturated heterocycles. The summed E-state index contributed by atoms with van der Waals surface area (Å²) in [5.74, 6) is -1.19. The Balaban J connectivity index is 2.56. The van der Waals surface area contributed by atoms with Crippen molar-refractivity contribution in [3.05, 3.63) is 0 Å². The fourth-order valence-corrected chi connectivity index (χ4v) is 2.11. The average molecular weight is 278 g/mol. The molecule has 0 aromatic carbocycles. The molecule has 8 heteroatoms. The summed E-state index contributed by atoms with van der Waals surface area (Å²) in [5.41, 5.74) is 0. The minimum absolute atomic E-state index is 0.0192. The van der Waals surface area contributed by atoms with Crippen molar-refractivity contribution in [2.24, 2.45) is 0 Å². The third kappa shape index (κ3) is 4.91. The van der Waals surface area contributed by atoms with Gasteiger partial charge in [-0.15, -0.1) is 0 Å². The van der Waals surface area contributed by atoms with E-state index >= 15 is 0 Å². The third-order valence-corrected chi connectivity index (χ3v) is 3.59. The summed E-state index contributed by atoms with van der Waals surface area (Å²) in [6.07, 6.45) is 2.71. The zero-order valence-electron chi connectivity index (χ0n) is 10.5. The van der Waals surface area contributed by atoms with Crippen molar-refractivity contribution < 1.29 is 23.1 Å². The second-order valence-corrected chi connectivity index (χ2v) is 6.85. The van der Waals surface area contributed by atoms with Gasteiger partial charge >= 0.3 is 12.0 Å². The highest BCUT2D eigenvalue weighted by Crippen LogP contribution is 2.27. The van der Waals surface area contributed by atoms with Gasteiger partial charge in [0.15, 0.2) is 0 Å². The van der Waals surface area contributed by atoms with E-state index < -0.39 is 21.8 Å². The molecular weight excluding hydrogens is 260 g/mol. The maximum atomic E-state index is 12.0. The van der Waals surface area contributed by atoms with E-state index in [9.17, 15) is 18.0 Å². The Hall–Kier alpha value is -1.31. The van der Waals surface area contributed by atoms with Crippen LogP contribution in [0.5, 0.6) is 0 Å². The summed E-state index contributed by atoms with van der Waals surface area (Å²) in [7, 11) is -1.66. The first kappa shape index (κ1) is 14.7. The van der Waals surface area contributed by atoms with E-state index in [1.54, 1.807) is 0 Å². The molecule has 0 radical (unpaired) electrons. The molecule has 0 heterocycles. The first-order valence-electron chi connectivity index (χ1n) is 5.62. The molecule has 0 aromatic heterocycles. The number of carbonyl (C=O) groups is 2. The van der Waals surface area contributed by atoms with Crippen molar-refractivity contribution >= 4 is 21.8 Å². The summed E-state index contributed by atoms with van der Waals surface area (Å²) in [6, 6.07) is -0.446. The molecule has 104 valence electrons. The Bertz CT molecular complexity index is 430. The molecule has 1 saturated carbocycles. The number of carboxylic acids is 1. The Labute approximate surface area is 106 Å². The van der Waals surface area contributed by atoms with Gasteiger partial charge in [-0.1, -0.05) is 0 Å². The largest absolute Gasteiger partial charge is 0.480 e. The van der Waals surface area contributed by atoms with Crippen molar-refractivity contribution in [3.8, 4) is 0 Å². The van der Waals surface area contributed by atoms with Gasteiger partial charge in [0.25, 0.3) is 0 Å². The predicted octanol–water partition coefficient (Wildman–Crippen LogP) is -0.368. The highest BCUT2D eigenvalue weighted by atomic mass is 32.2. The molecule has 7 nitrogen and oxygen atoms in total. The number of nitrogens with zero attached hydrogens (tertiary/aromatic N) is 2. The number of urea groups is 1. The van der Waals surface area contributed by atoms with E-state index in [1.807, 2.05) is 0 Å². The van der Waals surface area contributed by atoms with Gasteiger partial charge in [0.2, 0.25) is 0 Å². The van der Waals surface area contributed by atoms with Crippen LogP contribution in [0.25, 0.3) is 0 Å². The molecule has 1 aliphatic carbocycles. The van der Waals surface area contributed by atoms with Crippen LogP contribution in [0.3, 0.4) is 0 Å². The number of hydrogen-bond donors (Lipinski definition) is 1. The lowest BCUT2D eigenvalue weighted by Crippen LogP contribution is -2.46. The lowest BCUT2D eigenvalue weighted by Gasteiger charge is -2.26. The zero-order valence-corrected chi connectivity index (χ0v) is 11.3. The molecule has 0 aromatic rings. The van der Waals surface area contributed by atoms with Crippen LogP contribution >= 0.6 is 0 Å². The van der Waals surface area contributed by atoms with Gasteiger partial charge < -0.3 is 14.9 Å². The number of carboxylic acid groups (broad SMARTS) is 1. The Morgan fingerprint density at radius 3 is 2.28 bits per heavy atom. The summed E-state index contributed by atoms with van der Waals surface area (Å²) < 4.78 is 22.0. The molecule has 0 unspecified atom stereocenters. The molecule has 0 atom stereocenters. The summed E-state index contributed by atoms with van der Waals surface area (Å²) in [4.78, 5) is 25.2. The molecule has 1 fully saturated rings. The molecule has 0 bridgehead atoms. The SMILES string of the molecule is CN(CCS(C)(=O)=O)C(=O)N(CC(=O)O)C1CC1. The number of aliphatic carboxylic acids is 1. The molecule has 1 N–H and O–H groups in total. The van der Waals surface area contributed by atoms with Crippen LogP contribution in [-0.4, -0.2) is 73.5 Å². The quantitative estimate of drug-likeness (QED) is 0.715. The van der Waals surface area contributed by atoms with E-state index in [-0.39, 0.29) is 24.9 Å². The van der Waals surface area contributed by atoms with Crippen LogP contribution < -0.4 is 0 Å². The van der Waals surface area contributed by atoms with Gasteiger partial charge in [0, 0.05) is 25.9 Å². The fourth-order valence-electron chi connectivity index (χ4n) is 1.50. The Morgan fingerprint density at radius 2 is 1.89 bits per heavy atom. The van der Waals surface area contributed by atoms with E-state index in [4.69, 9.17) is 5.11 Å². The van der Waals surface area contributed by atoms with Gasteiger partial charge in [0.1, 0.15) is 16.4 Å². The number of hydrogen-bond acceptors (Lipinski definition) is 4. The van der Waals surface area contributed by atoms with Crippen molar-refractivity contribution in [3.63, 3.8) is 0 Å². The van der Waals surface area contributed by atoms with Gasteiger partial charge in [-0.25, -0.2) is 13.2 Å². The van der Waals surface area contributed by atoms with Crippen molar-refractivity contribution in [2.45, 2.75) is 18.9 Å². The van der Waals surface area contributed by atoms with Crippen molar-refractivity contribution in [1.29, 1.82) is 0 Å². The van der Waals surface area contributed by atoms with Gasteiger partial charge in [-0.2, -0.15) is 0 Å². The topological polar surface area (TPSA) is 95.0 Å². The third-order valence-electron chi connectivity index (χ3n) is 2.66. The van der Waals surface area contributed by atoms with Crippen LogP contribution in [-0.2, 0) is 14.6 Å². The zero-order chi connectivity index (χ0) is 13.9. The maximum absolute atomic E-state index is 12.0. The summed E-state index contributed by atoms with van der Waals surface area (Å²) >= 11 is 0. The first-order chi connectivity index (χ1) is 8.20. The van der Waals surface area contributed by atoms with E-state index in [2.05, 4.69) is 0 Å². The van der Waals surface area contributed by atoms with E-state index in [1.165, 1.54) is 16.8 Å². The second-order valence-electron chi connectivity index (χ2n) is 4.59. The van der Waals surface area contributed by atoms with Gasteiger partial charge in [0.05, 0.1) is 5.75 Å². The van der Waals surface area contributed by atoms with Crippen LogP contribution in [0.2, 0.25) is 0 Å². The van der Waals surface area contributed by atoms with Crippen LogP contribution in [0.4, 0.5) is 4.79 Å². The molecular formula is C10H18N2O5S. The number of rotatable bonds is 6. The highest BCUT2D eigenvalue weighted by Gasteiger charge is 2.35. The molecule has 0 aliphatic heterocycles. The lowest BCUT2D eigenvalue weighted by atomic mass is 10.4. The van der Waals surface area contributed by atoms with Gasteiger partial charge in [-0.3, -0.25) is 4.79 Å². The Kier molecular flexibility index (Phi) is 4.55. The number of amides is 2. The molecule has 1 aliphatic rings. The minimum atomic E-state index is -3.13. The standard InChI is InChI=1S/C10H18N2O5S/c1-11(5-6-18(2,16)17)10(15)12(7-9(13)14)8-3-4-8/h8H,3-7H2,1-2H3,(H,13,14). The number of sulfone groups is 1. The predicted molar refractivity (Wildman–Crippen MR) is 65.1 cm³/mol. The maximum Gasteiger partial charge on any atom is 0.323 e. The smallest absolute Gasteiger partial charge is 0.323 e. The second kappa shape index (κ2) is 5.55. The fraction of sp³-hybridized carbons (Fsp3) is 0.800. The van der Waals surface area contributed by atoms with Gasteiger partial charge in [-0.05, 0) is 12.8 Å². The van der Waals surface area contributed by atoms with E-state index in [0.717, 1.165) is 19.1 Å². The summed E-state index contributed by atoms with van der Waals surface area (Å²) in [6.45, 7) is -0.271. The Morgan fingerprint density at radius 1 is 1.33 bits per heavy atom. The molecule has 18 heavy (non-hydrogen) atoms. The van der Waals surface area contributed by atoms with Crippen molar-refractivity contribution in [1.82, 2.24) is 9.80 Å².